The molecule has 1 aromatic carbocycles. The summed E-state index contributed by atoms with van der Waals surface area (Å²) in [5.74, 6) is 0.209. The van der Waals surface area contributed by atoms with E-state index in [-0.39, 0.29) is 10.6 Å². The van der Waals surface area contributed by atoms with Gasteiger partial charge in [-0.25, -0.2) is 0 Å². The summed E-state index contributed by atoms with van der Waals surface area (Å²) in [5, 5.41) is 0. The van der Waals surface area contributed by atoms with Gasteiger partial charge in [-0.15, -0.1) is 0 Å². The molecule has 150 valence electrons. The second kappa shape index (κ2) is 16.5. The van der Waals surface area contributed by atoms with Crippen LogP contribution in [0.3, 0.4) is 0 Å². The van der Waals surface area contributed by atoms with E-state index in [4.69, 9.17) is 9.29 Å². The third-order valence-corrected chi connectivity index (χ3v) is 5.41. The zero-order valence-corrected chi connectivity index (χ0v) is 19.9. The van der Waals surface area contributed by atoms with Crippen molar-refractivity contribution in [2.75, 3.05) is 6.61 Å². The number of ether oxygens (including phenoxy) is 1. The first-order valence-corrected chi connectivity index (χ1v) is 12.5. The van der Waals surface area contributed by atoms with Crippen LogP contribution in [0.5, 0.6) is 5.75 Å². The molecule has 0 unspecified atom stereocenters. The van der Waals surface area contributed by atoms with Gasteiger partial charge in [0.25, 0.3) is 10.1 Å². The Morgan fingerprint density at radius 2 is 1.52 bits per heavy atom. The molecule has 5 nitrogen and oxygen atoms in total. The number of hydrogen-bond donors (Lipinski definition) is 1. The second-order valence-corrected chi connectivity index (χ2v) is 9.20. The molecule has 0 aliphatic carbocycles. The average Bonchev–Trinajstić information content (AvgIpc) is 2.61. The van der Waals surface area contributed by atoms with E-state index in [1.165, 1.54) is 44.2 Å². The van der Waals surface area contributed by atoms with E-state index in [2.05, 4.69) is 13.8 Å². The average molecular weight is 409 g/mol. The number of carbonyl (C=O) groups excluding carboxylic acids is 1. The fraction of sp³-hybridized carbons (Fsp3) is 0.650. The van der Waals surface area contributed by atoms with Gasteiger partial charge in [0.05, 0.1) is 6.61 Å². The Morgan fingerprint density at radius 1 is 0.963 bits per heavy atom. The Kier molecular flexibility index (Phi) is 16.3. The molecule has 7 heteroatoms. The maximum Gasteiger partial charge on any atom is 0.298 e. The van der Waals surface area contributed by atoms with Gasteiger partial charge in [-0.1, -0.05) is 31.9 Å². The Morgan fingerprint density at radius 3 is 2.11 bits per heavy atom. The molecule has 0 amide bonds. The van der Waals surface area contributed by atoms with Crippen LogP contribution in [0.1, 0.15) is 78.1 Å². The number of benzene rings is 1. The summed E-state index contributed by atoms with van der Waals surface area (Å²) in [7, 11) is -4.20. The van der Waals surface area contributed by atoms with Gasteiger partial charge in [-0.05, 0) is 18.6 Å². The van der Waals surface area contributed by atoms with Crippen molar-refractivity contribution in [3.63, 3.8) is 0 Å². The maximum atomic E-state index is 11.0. The van der Waals surface area contributed by atoms with Gasteiger partial charge in [0.1, 0.15) is 10.6 Å². The normalized spacial score (nSPS) is 10.9. The minimum Gasteiger partial charge on any atom is -0.492 e. The third kappa shape index (κ3) is 15.2. The predicted octanol–water partition coefficient (Wildman–Crippen LogP) is 4.93. The minimum atomic E-state index is -4.20. The van der Waals surface area contributed by atoms with Crippen LogP contribution < -0.4 is 4.74 Å². The summed E-state index contributed by atoms with van der Waals surface area (Å²) in [6, 6.07) is 6.07. The van der Waals surface area contributed by atoms with Crippen LogP contribution in [-0.2, 0) is 14.9 Å². The van der Waals surface area contributed by atoms with Gasteiger partial charge in [-0.2, -0.15) is 8.42 Å². The van der Waals surface area contributed by atoms with Gasteiger partial charge in [-0.3, -0.25) is 4.55 Å². The number of rotatable bonds is 13. The number of unbranched alkanes of at least 4 members (excludes halogenated alkanes) is 7. The summed E-state index contributed by atoms with van der Waals surface area (Å²) < 4.78 is 36.8. The number of hydrogen-bond acceptors (Lipinski definition) is 4. The van der Waals surface area contributed by atoms with Crippen molar-refractivity contribution in [3.05, 3.63) is 24.3 Å². The van der Waals surface area contributed by atoms with Crippen LogP contribution in [0.2, 0.25) is 0 Å². The molecule has 0 radical (unpaired) electrons. The summed E-state index contributed by atoms with van der Waals surface area (Å²) >= 11 is 0.750. The molecule has 0 saturated heterocycles. The smallest absolute Gasteiger partial charge is 0.298 e. The molecule has 1 N–H and O–H groups in total. The topological polar surface area (TPSA) is 80.7 Å². The zero-order chi connectivity index (χ0) is 20.5. The molecule has 0 bridgehead atoms. The number of para-hydroxylation sites is 1. The fourth-order valence-corrected chi connectivity index (χ4v) is 3.46. The molecule has 0 aliphatic rings. The summed E-state index contributed by atoms with van der Waals surface area (Å²) in [4.78, 5) is 10.4. The first kappa shape index (κ1) is 26.6. The van der Waals surface area contributed by atoms with E-state index >= 15 is 0 Å². The Labute approximate surface area is 182 Å². The standard InChI is InChI=1S/C11H16O4S.C9H17O.Na/c1-2-3-6-9-15-10-7-4-5-8-11(10)16(12,13)14;1-2-3-4-5-6-7-8-9-10;/h4-5,7-8H,2-3,6,9H2,1H3,(H,12,13,14);2-8H2,1H3;. The summed E-state index contributed by atoms with van der Waals surface area (Å²) in [6.07, 6.45) is 11.6. The van der Waals surface area contributed by atoms with Crippen molar-refractivity contribution >= 4 is 41.1 Å². The number of carbonyl (C=O) groups is 1. The third-order valence-electron chi connectivity index (χ3n) is 4.01. The van der Waals surface area contributed by atoms with Gasteiger partial charge >= 0.3 is 87.6 Å². The molecule has 0 aromatic heterocycles. The Bertz CT molecular complexity index is 617. The molecule has 0 aliphatic heterocycles. The van der Waals surface area contributed by atoms with Crippen LogP contribution in [0, 0.1) is 0 Å². The molecule has 1 aromatic rings. The molecule has 0 heterocycles. The molecule has 0 saturated carbocycles. The molecule has 27 heavy (non-hydrogen) atoms. The zero-order valence-electron chi connectivity index (χ0n) is 17.1. The first-order valence-electron chi connectivity index (χ1n) is 10.0. The van der Waals surface area contributed by atoms with Gasteiger partial charge < -0.3 is 4.74 Å². The molecule has 0 spiro atoms. The van der Waals surface area contributed by atoms with Crippen molar-refractivity contribution < 1.29 is 22.5 Å². The van der Waals surface area contributed by atoms with E-state index in [9.17, 15) is 13.2 Å². The van der Waals surface area contributed by atoms with Crippen LogP contribution in [-0.4, -0.2) is 50.5 Å². The van der Waals surface area contributed by atoms with E-state index < -0.39 is 10.1 Å². The van der Waals surface area contributed by atoms with Gasteiger partial charge in [0.15, 0.2) is 0 Å². The van der Waals surface area contributed by atoms with Crippen LogP contribution in [0.25, 0.3) is 0 Å². The SMILES string of the molecule is CCCCCCCC[C](=O)[Na].CCCCCOc1ccccc1S(=O)(=O)O. The molecule has 0 atom stereocenters. The van der Waals surface area contributed by atoms with Crippen LogP contribution in [0.15, 0.2) is 29.2 Å². The monoisotopic (exact) mass is 408 g/mol. The second-order valence-electron chi connectivity index (χ2n) is 6.70. The largest absolute Gasteiger partial charge is 0.492 e. The molecule has 1 rings (SSSR count). The quantitative estimate of drug-likeness (QED) is 0.284. The van der Waals surface area contributed by atoms with Crippen molar-refractivity contribution in [2.45, 2.75) is 83.0 Å². The summed E-state index contributed by atoms with van der Waals surface area (Å²) in [5.41, 5.74) is 0. The van der Waals surface area contributed by atoms with E-state index in [1.54, 1.807) is 12.1 Å². The van der Waals surface area contributed by atoms with Crippen molar-refractivity contribution in [1.82, 2.24) is 0 Å². The van der Waals surface area contributed by atoms with E-state index in [1.807, 2.05) is 0 Å². The first-order chi connectivity index (χ1) is 12.8. The van der Waals surface area contributed by atoms with Crippen LogP contribution in [0.4, 0.5) is 0 Å². The minimum absolute atomic E-state index is 0.175. The maximum absolute atomic E-state index is 11.0. The molecular formula is C20H33NaO5S. The Balaban J connectivity index is 0.000000541. The molecular weight excluding hydrogens is 375 g/mol. The van der Waals surface area contributed by atoms with Gasteiger partial charge in [0.2, 0.25) is 0 Å². The van der Waals surface area contributed by atoms with Crippen molar-refractivity contribution in [3.8, 4) is 5.75 Å². The fourth-order valence-electron chi connectivity index (χ4n) is 2.47. The van der Waals surface area contributed by atoms with Crippen molar-refractivity contribution in [2.24, 2.45) is 0 Å². The molecule has 0 fully saturated rings. The van der Waals surface area contributed by atoms with E-state index in [0.717, 1.165) is 60.0 Å². The summed E-state index contributed by atoms with van der Waals surface area (Å²) in [6.45, 7) is 4.76. The van der Waals surface area contributed by atoms with E-state index in [0.29, 0.717) is 9.64 Å². The van der Waals surface area contributed by atoms with Gasteiger partial charge in [0, 0.05) is 0 Å². The van der Waals surface area contributed by atoms with Crippen LogP contribution >= 0.6 is 0 Å². The predicted molar refractivity (Wildman–Crippen MR) is 110 cm³/mol. The Hall–Kier alpha value is -0.400. The van der Waals surface area contributed by atoms with Crippen molar-refractivity contribution in [1.29, 1.82) is 0 Å².